The molecule has 1 N–H and O–H groups in total. The van der Waals surface area contributed by atoms with E-state index in [0.29, 0.717) is 5.02 Å². The number of nitrogens with one attached hydrogen (secondary N) is 1. The molecule has 0 unspecified atom stereocenters. The number of aromatic nitrogens is 2. The van der Waals surface area contributed by atoms with Gasteiger partial charge in [-0.15, -0.1) is 23.7 Å². The smallest absolute Gasteiger partial charge is 0.255 e. The summed E-state index contributed by atoms with van der Waals surface area (Å²) in [7, 11) is 0. The molecule has 30 heavy (non-hydrogen) atoms. The van der Waals surface area contributed by atoms with Crippen LogP contribution >= 0.6 is 35.3 Å². The van der Waals surface area contributed by atoms with Crippen molar-refractivity contribution in [3.63, 3.8) is 0 Å². The molecule has 4 nitrogen and oxygen atoms in total. The van der Waals surface area contributed by atoms with Gasteiger partial charge >= 0.3 is 0 Å². The number of pyridine rings is 2. The minimum Gasteiger partial charge on any atom is -0.312 e. The Morgan fingerprint density at radius 2 is 2.03 bits per heavy atom. The lowest BCUT2D eigenvalue weighted by Crippen LogP contribution is -2.21. The van der Waals surface area contributed by atoms with Gasteiger partial charge in [-0.3, -0.25) is 14.3 Å². The summed E-state index contributed by atoms with van der Waals surface area (Å²) in [5.74, 6) is 0. The summed E-state index contributed by atoms with van der Waals surface area (Å²) < 4.78 is 2.97. The van der Waals surface area contributed by atoms with Crippen molar-refractivity contribution < 1.29 is 0 Å². The Labute approximate surface area is 190 Å². The standard InChI is InChI=1S/C23H20ClN3OS.ClH/c24-16-2-4-17(26-13-16)3-1-15-8-10-27(23(28)11-15)18-5-6-19-20-7-9-25-14-22(20)29-21(19)12-18;/h2,4-6,8,10-13,25H,1,3,7,9,14H2;1H. The third kappa shape index (κ3) is 4.16. The van der Waals surface area contributed by atoms with Gasteiger partial charge in [0.15, 0.2) is 0 Å². The minimum absolute atomic E-state index is 0. The maximum absolute atomic E-state index is 12.8. The van der Waals surface area contributed by atoms with E-state index < -0.39 is 0 Å². The van der Waals surface area contributed by atoms with E-state index in [9.17, 15) is 4.79 Å². The van der Waals surface area contributed by atoms with Crippen molar-refractivity contribution in [1.29, 1.82) is 0 Å². The number of benzene rings is 1. The first kappa shape index (κ1) is 21.1. The fourth-order valence-electron chi connectivity index (χ4n) is 3.89. The molecule has 5 rings (SSSR count). The first-order valence-electron chi connectivity index (χ1n) is 9.75. The van der Waals surface area contributed by atoms with Gasteiger partial charge in [0.05, 0.1) is 10.7 Å². The third-order valence-electron chi connectivity index (χ3n) is 5.42. The van der Waals surface area contributed by atoms with Gasteiger partial charge in [-0.05, 0) is 72.7 Å². The normalized spacial score (nSPS) is 13.1. The molecule has 0 atom stereocenters. The van der Waals surface area contributed by atoms with Crippen molar-refractivity contribution in [3.05, 3.63) is 91.9 Å². The van der Waals surface area contributed by atoms with Crippen LogP contribution < -0.4 is 10.9 Å². The first-order valence-corrected chi connectivity index (χ1v) is 10.9. The van der Waals surface area contributed by atoms with Crippen LogP contribution in [0.25, 0.3) is 15.8 Å². The van der Waals surface area contributed by atoms with Crippen LogP contribution in [-0.4, -0.2) is 16.1 Å². The fraction of sp³-hybridized carbons (Fsp3) is 0.217. The Bertz CT molecular complexity index is 1250. The molecular weight excluding hydrogens is 437 g/mol. The maximum Gasteiger partial charge on any atom is 0.255 e. The number of fused-ring (bicyclic) bond motifs is 3. The number of aryl methyl sites for hydroxylation is 2. The minimum atomic E-state index is -0.00565. The molecule has 0 bridgehead atoms. The zero-order valence-electron chi connectivity index (χ0n) is 16.2. The van der Waals surface area contributed by atoms with E-state index in [-0.39, 0.29) is 18.0 Å². The summed E-state index contributed by atoms with van der Waals surface area (Å²) >= 11 is 7.71. The highest BCUT2D eigenvalue weighted by atomic mass is 35.5. The van der Waals surface area contributed by atoms with Gasteiger partial charge < -0.3 is 5.32 Å². The summed E-state index contributed by atoms with van der Waals surface area (Å²) in [6, 6.07) is 13.9. The van der Waals surface area contributed by atoms with E-state index in [1.807, 2.05) is 35.7 Å². The number of rotatable bonds is 4. The van der Waals surface area contributed by atoms with Crippen LogP contribution in [0.5, 0.6) is 0 Å². The molecule has 4 heterocycles. The molecule has 0 saturated heterocycles. The van der Waals surface area contributed by atoms with Crippen LogP contribution in [-0.2, 0) is 25.8 Å². The predicted octanol–water partition coefficient (Wildman–Crippen LogP) is 4.95. The summed E-state index contributed by atoms with van der Waals surface area (Å²) in [6.07, 6.45) is 6.16. The Morgan fingerprint density at radius 3 is 2.83 bits per heavy atom. The Kier molecular flexibility index (Phi) is 6.25. The lowest BCUT2D eigenvalue weighted by Gasteiger charge is -2.12. The molecule has 7 heteroatoms. The zero-order valence-corrected chi connectivity index (χ0v) is 18.6. The number of hydrogen-bond donors (Lipinski definition) is 1. The van der Waals surface area contributed by atoms with E-state index >= 15 is 0 Å². The molecule has 3 aromatic heterocycles. The van der Waals surface area contributed by atoms with E-state index in [1.54, 1.807) is 16.8 Å². The van der Waals surface area contributed by atoms with Crippen molar-refractivity contribution in [2.75, 3.05) is 6.54 Å². The van der Waals surface area contributed by atoms with E-state index in [1.165, 1.54) is 20.5 Å². The molecule has 0 radical (unpaired) electrons. The van der Waals surface area contributed by atoms with Crippen LogP contribution in [0.3, 0.4) is 0 Å². The highest BCUT2D eigenvalue weighted by molar-refractivity contribution is 7.19. The van der Waals surface area contributed by atoms with Gasteiger partial charge in [0.1, 0.15) is 0 Å². The molecule has 154 valence electrons. The monoisotopic (exact) mass is 457 g/mol. The van der Waals surface area contributed by atoms with E-state index in [0.717, 1.165) is 49.3 Å². The second-order valence-corrected chi connectivity index (χ2v) is 8.90. The van der Waals surface area contributed by atoms with Gasteiger partial charge in [0.25, 0.3) is 5.56 Å². The molecule has 0 amide bonds. The second kappa shape index (κ2) is 8.90. The van der Waals surface area contributed by atoms with Crippen molar-refractivity contribution >= 4 is 45.4 Å². The fourth-order valence-corrected chi connectivity index (χ4v) is 5.25. The second-order valence-electron chi connectivity index (χ2n) is 7.32. The summed E-state index contributed by atoms with van der Waals surface area (Å²) in [6.45, 7) is 1.98. The Hall–Kier alpha value is -2.18. The van der Waals surface area contributed by atoms with Crippen LogP contribution in [0.1, 0.15) is 21.7 Å². The van der Waals surface area contributed by atoms with Crippen LogP contribution in [0.4, 0.5) is 0 Å². The summed E-state index contributed by atoms with van der Waals surface area (Å²) in [5.41, 5.74) is 4.37. The summed E-state index contributed by atoms with van der Waals surface area (Å²) in [5, 5.41) is 5.40. The van der Waals surface area contributed by atoms with Gasteiger partial charge in [-0.1, -0.05) is 17.7 Å². The lowest BCUT2D eigenvalue weighted by molar-refractivity contribution is 0.657. The number of nitrogens with zero attached hydrogens (tertiary/aromatic N) is 2. The molecular formula is C23H21Cl2N3OS. The van der Waals surface area contributed by atoms with Crippen molar-refractivity contribution in [1.82, 2.24) is 14.9 Å². The van der Waals surface area contributed by atoms with Crippen molar-refractivity contribution in [3.8, 4) is 5.69 Å². The SMILES string of the molecule is Cl.O=c1cc(CCc2ccc(Cl)cn2)ccn1-c1ccc2c3c(sc2c1)CNCC3. The maximum atomic E-state index is 12.8. The van der Waals surface area contributed by atoms with Gasteiger partial charge in [-0.25, -0.2) is 0 Å². The number of halogens is 2. The lowest BCUT2D eigenvalue weighted by atomic mass is 10.0. The molecule has 4 aromatic rings. The van der Waals surface area contributed by atoms with E-state index in [2.05, 4.69) is 28.5 Å². The highest BCUT2D eigenvalue weighted by Gasteiger charge is 2.16. The third-order valence-corrected chi connectivity index (χ3v) is 6.84. The van der Waals surface area contributed by atoms with Gasteiger partial charge in [-0.2, -0.15) is 0 Å². The quantitative estimate of drug-likeness (QED) is 0.471. The topological polar surface area (TPSA) is 46.9 Å². The average molecular weight is 458 g/mol. The van der Waals surface area contributed by atoms with Gasteiger partial charge in [0, 0.05) is 40.3 Å². The van der Waals surface area contributed by atoms with Crippen LogP contribution in [0, 0.1) is 0 Å². The number of thiophene rings is 1. The largest absolute Gasteiger partial charge is 0.312 e. The highest BCUT2D eigenvalue weighted by Crippen LogP contribution is 2.34. The molecule has 0 aliphatic carbocycles. The Morgan fingerprint density at radius 1 is 1.13 bits per heavy atom. The Balaban J connectivity index is 0.00000218. The molecule has 0 saturated carbocycles. The van der Waals surface area contributed by atoms with Crippen LogP contribution in [0.2, 0.25) is 5.02 Å². The molecule has 0 fully saturated rings. The van der Waals surface area contributed by atoms with Crippen molar-refractivity contribution in [2.45, 2.75) is 25.8 Å². The number of hydrogen-bond acceptors (Lipinski definition) is 4. The molecule has 1 aliphatic rings. The molecule has 1 aliphatic heterocycles. The van der Waals surface area contributed by atoms with Crippen molar-refractivity contribution in [2.24, 2.45) is 0 Å². The zero-order chi connectivity index (χ0) is 19.8. The average Bonchev–Trinajstić information content (AvgIpc) is 3.11. The molecule has 1 aromatic carbocycles. The van der Waals surface area contributed by atoms with Gasteiger partial charge in [0.2, 0.25) is 0 Å². The van der Waals surface area contributed by atoms with E-state index in [4.69, 9.17) is 11.6 Å². The van der Waals surface area contributed by atoms with Crippen LogP contribution in [0.15, 0.2) is 59.7 Å². The predicted molar refractivity (Wildman–Crippen MR) is 127 cm³/mol. The first-order chi connectivity index (χ1) is 14.2. The summed E-state index contributed by atoms with van der Waals surface area (Å²) in [4.78, 5) is 18.5. The molecule has 0 spiro atoms.